The van der Waals surface area contributed by atoms with E-state index < -0.39 is 0 Å². The zero-order valence-corrected chi connectivity index (χ0v) is 13.5. The second kappa shape index (κ2) is 6.04. The third-order valence-corrected chi connectivity index (χ3v) is 4.49. The molecule has 0 saturated heterocycles. The molecule has 4 rings (SSSR count). The van der Waals surface area contributed by atoms with E-state index in [1.165, 1.54) is 17.2 Å². The van der Waals surface area contributed by atoms with E-state index in [0.29, 0.717) is 23.7 Å². The molecule has 0 radical (unpaired) electrons. The minimum absolute atomic E-state index is 0.293. The first-order valence-corrected chi connectivity index (χ1v) is 8.09. The molecule has 122 valence electrons. The minimum Gasteiger partial charge on any atom is -0.493 e. The molecule has 0 spiro atoms. The van der Waals surface area contributed by atoms with Gasteiger partial charge in [-0.25, -0.2) is 4.79 Å². The standard InChI is InChI=1S/C20H18O4/c1-22-17-7-2-3-8-18(17)23-12-15-11-20(21)24-19-10-14-6-4-5-13(14)9-16(15)19/h2-3,7-11H,4-6,12H2,1H3. The molecule has 1 aliphatic carbocycles. The molecule has 24 heavy (non-hydrogen) atoms. The van der Waals surface area contributed by atoms with Crippen LogP contribution in [0.2, 0.25) is 0 Å². The largest absolute Gasteiger partial charge is 0.493 e. The van der Waals surface area contributed by atoms with Crippen molar-refractivity contribution in [2.75, 3.05) is 7.11 Å². The Labute approximate surface area is 139 Å². The third kappa shape index (κ3) is 2.64. The highest BCUT2D eigenvalue weighted by Crippen LogP contribution is 2.30. The van der Waals surface area contributed by atoms with Crippen LogP contribution in [0.15, 0.2) is 51.7 Å². The Balaban J connectivity index is 1.72. The van der Waals surface area contributed by atoms with E-state index in [1.807, 2.05) is 30.3 Å². The van der Waals surface area contributed by atoms with Gasteiger partial charge in [-0.05, 0) is 54.7 Å². The smallest absolute Gasteiger partial charge is 0.336 e. The monoisotopic (exact) mass is 322 g/mol. The molecule has 0 amide bonds. The lowest BCUT2D eigenvalue weighted by molar-refractivity contribution is 0.285. The lowest BCUT2D eigenvalue weighted by Crippen LogP contribution is -2.05. The van der Waals surface area contributed by atoms with E-state index in [1.54, 1.807) is 7.11 Å². The van der Waals surface area contributed by atoms with Crippen LogP contribution >= 0.6 is 0 Å². The minimum atomic E-state index is -0.348. The van der Waals surface area contributed by atoms with Crippen LogP contribution in [-0.2, 0) is 19.4 Å². The van der Waals surface area contributed by atoms with E-state index in [2.05, 4.69) is 6.07 Å². The van der Waals surface area contributed by atoms with Crippen molar-refractivity contribution in [3.63, 3.8) is 0 Å². The lowest BCUT2D eigenvalue weighted by Gasteiger charge is -2.12. The zero-order chi connectivity index (χ0) is 16.5. The van der Waals surface area contributed by atoms with Crippen molar-refractivity contribution in [2.45, 2.75) is 25.9 Å². The average Bonchev–Trinajstić information content (AvgIpc) is 3.05. The summed E-state index contributed by atoms with van der Waals surface area (Å²) >= 11 is 0. The van der Waals surface area contributed by atoms with Gasteiger partial charge in [0.15, 0.2) is 11.5 Å². The van der Waals surface area contributed by atoms with E-state index in [0.717, 1.165) is 30.2 Å². The van der Waals surface area contributed by atoms with Crippen LogP contribution in [0.1, 0.15) is 23.1 Å². The van der Waals surface area contributed by atoms with E-state index in [9.17, 15) is 4.79 Å². The van der Waals surface area contributed by atoms with Gasteiger partial charge < -0.3 is 13.9 Å². The van der Waals surface area contributed by atoms with E-state index >= 15 is 0 Å². The van der Waals surface area contributed by atoms with Crippen molar-refractivity contribution in [1.29, 1.82) is 0 Å². The topological polar surface area (TPSA) is 48.7 Å². The van der Waals surface area contributed by atoms with Gasteiger partial charge in [-0.15, -0.1) is 0 Å². The molecule has 4 heteroatoms. The van der Waals surface area contributed by atoms with Crippen LogP contribution in [0, 0.1) is 0 Å². The first-order valence-electron chi connectivity index (χ1n) is 8.09. The Hall–Kier alpha value is -2.75. The Bertz CT molecular complexity index is 956. The molecule has 0 saturated carbocycles. The highest BCUT2D eigenvalue weighted by Gasteiger charge is 2.15. The normalized spacial score (nSPS) is 13.0. The Kier molecular flexibility index (Phi) is 3.73. The van der Waals surface area contributed by atoms with Crippen LogP contribution < -0.4 is 15.1 Å². The number of methoxy groups -OCH3 is 1. The summed E-state index contributed by atoms with van der Waals surface area (Å²) in [5.41, 5.74) is 3.76. The second-order valence-corrected chi connectivity index (χ2v) is 6.00. The molecule has 0 unspecified atom stereocenters. The highest BCUT2D eigenvalue weighted by atomic mass is 16.5. The fourth-order valence-corrected chi connectivity index (χ4v) is 3.31. The molecule has 3 aromatic rings. The molecule has 1 aromatic heterocycles. The van der Waals surface area contributed by atoms with Gasteiger partial charge in [0, 0.05) is 17.0 Å². The van der Waals surface area contributed by atoms with Gasteiger partial charge in [0.25, 0.3) is 0 Å². The quantitative estimate of drug-likeness (QED) is 0.684. The van der Waals surface area contributed by atoms with Gasteiger partial charge >= 0.3 is 5.63 Å². The van der Waals surface area contributed by atoms with Crippen molar-refractivity contribution in [3.8, 4) is 11.5 Å². The first-order chi connectivity index (χ1) is 11.7. The van der Waals surface area contributed by atoms with Crippen LogP contribution in [0.25, 0.3) is 11.0 Å². The van der Waals surface area contributed by atoms with Gasteiger partial charge in [0.2, 0.25) is 0 Å². The maximum atomic E-state index is 11.9. The number of rotatable bonds is 4. The fourth-order valence-electron chi connectivity index (χ4n) is 3.31. The first kappa shape index (κ1) is 14.8. The predicted octanol–water partition coefficient (Wildman–Crippen LogP) is 3.87. The summed E-state index contributed by atoms with van der Waals surface area (Å²) in [5.74, 6) is 1.33. The van der Waals surface area contributed by atoms with Crippen molar-refractivity contribution >= 4 is 11.0 Å². The molecule has 4 nitrogen and oxygen atoms in total. The van der Waals surface area contributed by atoms with Crippen LogP contribution in [0.4, 0.5) is 0 Å². The lowest BCUT2D eigenvalue weighted by atomic mass is 10.0. The molecule has 0 fully saturated rings. The van der Waals surface area contributed by atoms with Crippen LogP contribution in [0.5, 0.6) is 11.5 Å². The molecule has 0 aliphatic heterocycles. The summed E-state index contributed by atoms with van der Waals surface area (Å²) in [5, 5.41) is 0.949. The van der Waals surface area contributed by atoms with Gasteiger partial charge in [0.05, 0.1) is 7.11 Å². The zero-order valence-electron chi connectivity index (χ0n) is 13.5. The molecule has 1 aliphatic rings. The summed E-state index contributed by atoms with van der Waals surface area (Å²) in [6.45, 7) is 0.293. The molecular weight excluding hydrogens is 304 g/mol. The SMILES string of the molecule is COc1ccccc1OCc1cc(=O)oc2cc3c(cc12)CCC3. The number of fused-ring (bicyclic) bond motifs is 2. The highest BCUT2D eigenvalue weighted by molar-refractivity contribution is 5.82. The average molecular weight is 322 g/mol. The van der Waals surface area contributed by atoms with Crippen LogP contribution in [0.3, 0.4) is 0 Å². The fraction of sp³-hybridized carbons (Fsp3) is 0.250. The molecule has 2 aromatic carbocycles. The summed E-state index contributed by atoms with van der Waals surface area (Å²) in [4.78, 5) is 11.9. The van der Waals surface area contributed by atoms with Crippen molar-refractivity contribution in [2.24, 2.45) is 0 Å². The Morgan fingerprint density at radius 1 is 1.04 bits per heavy atom. The van der Waals surface area contributed by atoms with Crippen molar-refractivity contribution < 1.29 is 13.9 Å². The molecule has 0 bridgehead atoms. The second-order valence-electron chi connectivity index (χ2n) is 6.00. The summed E-state index contributed by atoms with van der Waals surface area (Å²) in [6.07, 6.45) is 3.29. The predicted molar refractivity (Wildman–Crippen MR) is 91.8 cm³/mol. The van der Waals surface area contributed by atoms with Gasteiger partial charge in [-0.1, -0.05) is 12.1 Å². The van der Waals surface area contributed by atoms with Crippen molar-refractivity contribution in [1.82, 2.24) is 0 Å². The van der Waals surface area contributed by atoms with Gasteiger partial charge in [-0.2, -0.15) is 0 Å². The number of hydrogen-bond acceptors (Lipinski definition) is 4. The molecule has 0 N–H and O–H groups in total. The van der Waals surface area contributed by atoms with Crippen molar-refractivity contribution in [3.05, 3.63) is 69.6 Å². The maximum absolute atomic E-state index is 11.9. The Morgan fingerprint density at radius 3 is 2.58 bits per heavy atom. The maximum Gasteiger partial charge on any atom is 0.336 e. The number of para-hydroxylation sites is 2. The summed E-state index contributed by atoms with van der Waals surface area (Å²) < 4.78 is 16.6. The number of benzene rings is 2. The summed E-state index contributed by atoms with van der Waals surface area (Å²) in [6, 6.07) is 13.1. The third-order valence-electron chi connectivity index (χ3n) is 4.49. The van der Waals surface area contributed by atoms with E-state index in [4.69, 9.17) is 13.9 Å². The molecular formula is C20H18O4. The number of aryl methyl sites for hydroxylation is 2. The van der Waals surface area contributed by atoms with Crippen LogP contribution in [-0.4, -0.2) is 7.11 Å². The Morgan fingerprint density at radius 2 is 1.79 bits per heavy atom. The van der Waals surface area contributed by atoms with Gasteiger partial charge in [-0.3, -0.25) is 0 Å². The molecule has 1 heterocycles. The van der Waals surface area contributed by atoms with Gasteiger partial charge in [0.1, 0.15) is 12.2 Å². The molecule has 0 atom stereocenters. The number of ether oxygens (including phenoxy) is 2. The van der Waals surface area contributed by atoms with E-state index in [-0.39, 0.29) is 5.63 Å². The number of hydrogen-bond donors (Lipinski definition) is 0. The summed E-state index contributed by atoms with van der Waals surface area (Å²) in [7, 11) is 1.61.